The summed E-state index contributed by atoms with van der Waals surface area (Å²) in [5.74, 6) is 1.12. The number of benzene rings is 1. The minimum atomic E-state index is 0. The second-order valence-electron chi connectivity index (χ2n) is 7.20. The van der Waals surface area contributed by atoms with E-state index in [-0.39, 0.29) is 35.8 Å². The molecule has 0 aliphatic heterocycles. The molecule has 164 valence electrons. The number of halogens is 1. The number of nitrogens with one attached hydrogen (secondary N) is 3. The van der Waals surface area contributed by atoms with Gasteiger partial charge in [0.05, 0.1) is 6.54 Å². The Bertz CT molecular complexity index is 619. The highest BCUT2D eigenvalue weighted by Crippen LogP contribution is 2.25. The van der Waals surface area contributed by atoms with Gasteiger partial charge >= 0.3 is 0 Å². The Hall–Kier alpha value is -1.35. The highest BCUT2D eigenvalue weighted by atomic mass is 127. The van der Waals surface area contributed by atoms with Gasteiger partial charge < -0.3 is 20.7 Å². The third-order valence-electron chi connectivity index (χ3n) is 4.90. The number of carbonyl (C=O) groups is 1. The number of amides is 1. The molecule has 1 aliphatic carbocycles. The maximum Gasteiger partial charge on any atom is 0.227 e. The van der Waals surface area contributed by atoms with Crippen LogP contribution in [0.1, 0.15) is 57.9 Å². The van der Waals surface area contributed by atoms with Crippen LogP contribution in [0, 0.1) is 5.92 Å². The Labute approximate surface area is 192 Å². The molecule has 1 saturated carbocycles. The minimum Gasteiger partial charge on any atom is -0.382 e. The van der Waals surface area contributed by atoms with Crippen LogP contribution in [0.2, 0.25) is 0 Å². The lowest BCUT2D eigenvalue weighted by atomic mass is 9.88. The molecule has 0 unspecified atom stereocenters. The number of rotatable bonds is 10. The van der Waals surface area contributed by atoms with Crippen LogP contribution >= 0.6 is 24.0 Å². The third-order valence-corrected chi connectivity index (χ3v) is 4.90. The summed E-state index contributed by atoms with van der Waals surface area (Å²) in [4.78, 5) is 17.1. The largest absolute Gasteiger partial charge is 0.382 e. The highest BCUT2D eigenvalue weighted by Gasteiger charge is 2.20. The van der Waals surface area contributed by atoms with Crippen molar-refractivity contribution >= 4 is 41.5 Å². The van der Waals surface area contributed by atoms with E-state index in [2.05, 4.69) is 27.9 Å². The van der Waals surface area contributed by atoms with E-state index >= 15 is 0 Å². The Morgan fingerprint density at radius 2 is 1.97 bits per heavy atom. The quantitative estimate of drug-likeness (QED) is 0.188. The van der Waals surface area contributed by atoms with Crippen molar-refractivity contribution < 1.29 is 9.53 Å². The normalized spacial score (nSPS) is 14.8. The van der Waals surface area contributed by atoms with E-state index in [0.29, 0.717) is 6.54 Å². The van der Waals surface area contributed by atoms with Crippen LogP contribution in [0.3, 0.4) is 0 Å². The zero-order chi connectivity index (χ0) is 20.0. The van der Waals surface area contributed by atoms with Gasteiger partial charge in [0.2, 0.25) is 5.91 Å². The molecule has 29 heavy (non-hydrogen) atoms. The second-order valence-corrected chi connectivity index (χ2v) is 7.20. The first-order valence-corrected chi connectivity index (χ1v) is 10.7. The van der Waals surface area contributed by atoms with Crippen molar-refractivity contribution in [3.63, 3.8) is 0 Å². The van der Waals surface area contributed by atoms with Gasteiger partial charge in [-0.05, 0) is 50.8 Å². The average Bonchev–Trinajstić information content (AvgIpc) is 2.72. The molecule has 0 spiro atoms. The molecule has 0 saturated heterocycles. The zero-order valence-corrected chi connectivity index (χ0v) is 20.2. The molecule has 1 aliphatic rings. The van der Waals surface area contributed by atoms with Crippen molar-refractivity contribution in [1.29, 1.82) is 0 Å². The lowest BCUT2D eigenvalue weighted by molar-refractivity contribution is -0.120. The molecule has 1 fully saturated rings. The summed E-state index contributed by atoms with van der Waals surface area (Å²) < 4.78 is 5.36. The van der Waals surface area contributed by atoms with Crippen molar-refractivity contribution in [2.75, 3.05) is 31.6 Å². The van der Waals surface area contributed by atoms with Gasteiger partial charge in [-0.2, -0.15) is 0 Å². The molecular formula is C22H37IN4O2. The van der Waals surface area contributed by atoms with Gasteiger partial charge in [-0.25, -0.2) is 4.99 Å². The maximum atomic E-state index is 12.5. The van der Waals surface area contributed by atoms with E-state index in [4.69, 9.17) is 4.74 Å². The number of aliphatic imine (C=N–C) groups is 1. The number of hydrogen-bond acceptors (Lipinski definition) is 3. The zero-order valence-electron chi connectivity index (χ0n) is 17.8. The van der Waals surface area contributed by atoms with Crippen LogP contribution in [0.15, 0.2) is 29.3 Å². The Kier molecular flexibility index (Phi) is 13.7. The third kappa shape index (κ3) is 10.3. The number of anilines is 1. The fourth-order valence-corrected chi connectivity index (χ4v) is 3.39. The van der Waals surface area contributed by atoms with Crippen molar-refractivity contribution in [1.82, 2.24) is 10.6 Å². The van der Waals surface area contributed by atoms with E-state index in [0.717, 1.165) is 75.6 Å². The molecule has 3 N–H and O–H groups in total. The van der Waals surface area contributed by atoms with Gasteiger partial charge in [0.25, 0.3) is 0 Å². The maximum absolute atomic E-state index is 12.5. The molecule has 1 aromatic rings. The lowest BCUT2D eigenvalue weighted by Crippen LogP contribution is -2.38. The van der Waals surface area contributed by atoms with Crippen molar-refractivity contribution in [2.24, 2.45) is 10.9 Å². The van der Waals surface area contributed by atoms with Gasteiger partial charge in [-0.1, -0.05) is 31.4 Å². The SMILES string of the molecule is CCNC(=NCc1cccc(NC(=O)C2CCCCC2)c1)NCCCOCC.I. The Balaban J connectivity index is 0.00000420. The first-order valence-electron chi connectivity index (χ1n) is 10.7. The standard InChI is InChI=1S/C22H36N4O2.HI/c1-3-23-22(24-14-9-15-28-4-2)25-17-18-10-8-13-20(16-18)26-21(27)19-11-6-5-7-12-19;/h8,10,13,16,19H,3-7,9,11-12,14-15,17H2,1-2H3,(H,26,27)(H2,23,24,25);1H. The summed E-state index contributed by atoms with van der Waals surface area (Å²) in [6.45, 7) is 7.77. The van der Waals surface area contributed by atoms with Gasteiger partial charge in [-0.3, -0.25) is 4.79 Å². The molecule has 0 bridgehead atoms. The molecule has 0 aromatic heterocycles. The summed E-state index contributed by atoms with van der Waals surface area (Å²) in [7, 11) is 0. The smallest absolute Gasteiger partial charge is 0.227 e. The summed E-state index contributed by atoms with van der Waals surface area (Å²) in [6, 6.07) is 7.98. The molecule has 0 heterocycles. The highest BCUT2D eigenvalue weighted by molar-refractivity contribution is 14.0. The predicted molar refractivity (Wildman–Crippen MR) is 131 cm³/mol. The Morgan fingerprint density at radius 3 is 2.69 bits per heavy atom. The fraction of sp³-hybridized carbons (Fsp3) is 0.636. The summed E-state index contributed by atoms with van der Waals surface area (Å²) in [5.41, 5.74) is 1.94. The van der Waals surface area contributed by atoms with Gasteiger partial charge in [0.1, 0.15) is 0 Å². The first-order chi connectivity index (χ1) is 13.7. The molecule has 2 rings (SSSR count). The topological polar surface area (TPSA) is 74.8 Å². The molecular weight excluding hydrogens is 479 g/mol. The molecule has 1 aromatic carbocycles. The second kappa shape index (κ2) is 15.5. The predicted octanol–water partition coefficient (Wildman–Crippen LogP) is 4.31. The van der Waals surface area contributed by atoms with Crippen LogP contribution in [0.4, 0.5) is 5.69 Å². The number of carbonyl (C=O) groups excluding carboxylic acids is 1. The van der Waals surface area contributed by atoms with E-state index in [1.165, 1.54) is 6.42 Å². The number of guanidine groups is 1. The van der Waals surface area contributed by atoms with E-state index in [9.17, 15) is 4.79 Å². The minimum absolute atomic E-state index is 0. The molecule has 7 heteroatoms. The number of ether oxygens (including phenoxy) is 1. The van der Waals surface area contributed by atoms with Crippen LogP contribution in [0.5, 0.6) is 0 Å². The summed E-state index contributed by atoms with van der Waals surface area (Å²) in [5, 5.41) is 9.68. The van der Waals surface area contributed by atoms with Gasteiger partial charge in [0.15, 0.2) is 5.96 Å². The number of hydrogen-bond donors (Lipinski definition) is 3. The molecule has 0 radical (unpaired) electrons. The van der Waals surface area contributed by atoms with Gasteiger partial charge in [0, 0.05) is 37.9 Å². The van der Waals surface area contributed by atoms with Crippen LogP contribution < -0.4 is 16.0 Å². The van der Waals surface area contributed by atoms with Crippen LogP contribution in [-0.4, -0.2) is 38.2 Å². The number of nitrogens with zero attached hydrogens (tertiary/aromatic N) is 1. The van der Waals surface area contributed by atoms with Crippen molar-refractivity contribution in [3.8, 4) is 0 Å². The first kappa shape index (κ1) is 25.7. The van der Waals surface area contributed by atoms with Crippen molar-refractivity contribution in [3.05, 3.63) is 29.8 Å². The average molecular weight is 516 g/mol. The van der Waals surface area contributed by atoms with Crippen molar-refractivity contribution in [2.45, 2.75) is 58.9 Å². The van der Waals surface area contributed by atoms with Crippen LogP contribution in [-0.2, 0) is 16.1 Å². The van der Waals surface area contributed by atoms with E-state index in [1.54, 1.807) is 0 Å². The molecule has 6 nitrogen and oxygen atoms in total. The molecule has 0 atom stereocenters. The lowest BCUT2D eigenvalue weighted by Gasteiger charge is -2.20. The van der Waals surface area contributed by atoms with E-state index < -0.39 is 0 Å². The Morgan fingerprint density at radius 1 is 1.17 bits per heavy atom. The van der Waals surface area contributed by atoms with Gasteiger partial charge in [-0.15, -0.1) is 24.0 Å². The summed E-state index contributed by atoms with van der Waals surface area (Å²) in [6.07, 6.45) is 6.55. The monoisotopic (exact) mass is 516 g/mol. The fourth-order valence-electron chi connectivity index (χ4n) is 3.39. The molecule has 1 amide bonds. The van der Waals surface area contributed by atoms with Crippen LogP contribution in [0.25, 0.3) is 0 Å². The van der Waals surface area contributed by atoms with E-state index in [1.807, 2.05) is 31.2 Å². The summed E-state index contributed by atoms with van der Waals surface area (Å²) >= 11 is 0.